The first-order chi connectivity index (χ1) is 11.7. The molecule has 0 aromatic carbocycles. The zero-order chi connectivity index (χ0) is 16.9. The zero-order valence-electron chi connectivity index (χ0n) is 14.2. The van der Waals surface area contributed by atoms with Crippen molar-refractivity contribution < 1.29 is 9.53 Å². The van der Waals surface area contributed by atoms with Gasteiger partial charge in [-0.1, -0.05) is 0 Å². The molecule has 0 saturated carbocycles. The number of thiazole rings is 1. The Labute approximate surface area is 146 Å². The molecule has 3 rings (SSSR count). The van der Waals surface area contributed by atoms with E-state index in [2.05, 4.69) is 20.2 Å². The predicted octanol–water partition coefficient (Wildman–Crippen LogP) is 2.53. The molecule has 1 aliphatic heterocycles. The second kappa shape index (κ2) is 7.92. The maximum absolute atomic E-state index is 12.3. The number of nitrogens with zero attached hydrogens (tertiary/aromatic N) is 3. The number of carbonyl (C=O) groups excluding carboxylic acids is 1. The number of rotatable bonds is 6. The van der Waals surface area contributed by atoms with Crippen molar-refractivity contribution in [1.29, 1.82) is 0 Å². The van der Waals surface area contributed by atoms with E-state index >= 15 is 0 Å². The molecule has 6 nitrogen and oxygen atoms in total. The van der Waals surface area contributed by atoms with Gasteiger partial charge >= 0.3 is 0 Å². The van der Waals surface area contributed by atoms with E-state index in [-0.39, 0.29) is 12.0 Å². The van der Waals surface area contributed by atoms with Crippen molar-refractivity contribution in [2.24, 2.45) is 0 Å². The molecule has 130 valence electrons. The summed E-state index contributed by atoms with van der Waals surface area (Å²) in [6, 6.07) is 3.68. The Morgan fingerprint density at radius 3 is 2.88 bits per heavy atom. The molecular formula is C17H24N4O2S. The van der Waals surface area contributed by atoms with Gasteiger partial charge in [0.1, 0.15) is 16.8 Å². The fourth-order valence-corrected chi connectivity index (χ4v) is 3.69. The van der Waals surface area contributed by atoms with Crippen molar-refractivity contribution in [3.05, 3.63) is 40.1 Å². The summed E-state index contributed by atoms with van der Waals surface area (Å²) in [7, 11) is 0. The molecule has 0 radical (unpaired) electrons. The van der Waals surface area contributed by atoms with Crippen LogP contribution in [0, 0.1) is 0 Å². The number of H-pyrrole nitrogens is 1. The summed E-state index contributed by atoms with van der Waals surface area (Å²) in [6.45, 7) is 8.83. The smallest absolute Gasteiger partial charge is 0.270 e. The molecule has 1 N–H and O–H groups in total. The highest BCUT2D eigenvalue weighted by molar-refractivity contribution is 7.09. The van der Waals surface area contributed by atoms with Crippen LogP contribution >= 0.6 is 11.3 Å². The highest BCUT2D eigenvalue weighted by atomic mass is 32.1. The molecule has 2 aromatic rings. The van der Waals surface area contributed by atoms with E-state index in [4.69, 9.17) is 4.74 Å². The molecule has 1 amide bonds. The first kappa shape index (κ1) is 17.1. The molecule has 24 heavy (non-hydrogen) atoms. The quantitative estimate of drug-likeness (QED) is 0.871. The lowest BCUT2D eigenvalue weighted by Gasteiger charge is -2.34. The number of carbonyl (C=O) groups is 1. The summed E-state index contributed by atoms with van der Waals surface area (Å²) in [4.78, 5) is 24.2. The molecule has 0 bridgehead atoms. The molecule has 0 spiro atoms. The maximum Gasteiger partial charge on any atom is 0.270 e. The zero-order valence-corrected chi connectivity index (χ0v) is 15.0. The van der Waals surface area contributed by atoms with Crippen LogP contribution in [0.4, 0.5) is 0 Å². The van der Waals surface area contributed by atoms with Crippen LogP contribution in [0.15, 0.2) is 23.7 Å². The molecule has 3 heterocycles. The van der Waals surface area contributed by atoms with Crippen LogP contribution in [-0.4, -0.2) is 58.5 Å². The summed E-state index contributed by atoms with van der Waals surface area (Å²) < 4.78 is 5.59. The molecule has 1 atom stereocenters. The number of aromatic nitrogens is 2. The Kier molecular flexibility index (Phi) is 5.65. The van der Waals surface area contributed by atoms with Crippen LogP contribution in [0.1, 0.15) is 41.1 Å². The number of hydrogen-bond acceptors (Lipinski definition) is 5. The third-order valence-corrected chi connectivity index (χ3v) is 5.26. The van der Waals surface area contributed by atoms with Crippen molar-refractivity contribution in [1.82, 2.24) is 19.8 Å². The van der Waals surface area contributed by atoms with Crippen LogP contribution in [0.3, 0.4) is 0 Å². The monoisotopic (exact) mass is 348 g/mol. The third kappa shape index (κ3) is 4.03. The van der Waals surface area contributed by atoms with E-state index in [1.165, 1.54) is 0 Å². The molecule has 1 aliphatic rings. The van der Waals surface area contributed by atoms with Gasteiger partial charge in [0.2, 0.25) is 0 Å². The summed E-state index contributed by atoms with van der Waals surface area (Å²) in [6.07, 6.45) is 1.84. The second-order valence-corrected chi connectivity index (χ2v) is 6.82. The van der Waals surface area contributed by atoms with Gasteiger partial charge in [0.05, 0.1) is 5.69 Å². The first-order valence-corrected chi connectivity index (χ1v) is 9.26. The molecule has 2 aromatic heterocycles. The van der Waals surface area contributed by atoms with Crippen molar-refractivity contribution in [3.63, 3.8) is 0 Å². The van der Waals surface area contributed by atoms with Gasteiger partial charge in [-0.25, -0.2) is 4.98 Å². The van der Waals surface area contributed by atoms with Gasteiger partial charge in [-0.15, -0.1) is 11.3 Å². The van der Waals surface area contributed by atoms with Crippen molar-refractivity contribution in [2.75, 3.05) is 32.8 Å². The fraction of sp³-hybridized carbons (Fsp3) is 0.529. The van der Waals surface area contributed by atoms with Crippen molar-refractivity contribution >= 4 is 17.2 Å². The molecule has 0 aliphatic carbocycles. The molecule has 1 fully saturated rings. The van der Waals surface area contributed by atoms with Crippen LogP contribution in [-0.2, 0) is 11.3 Å². The Bertz CT molecular complexity index is 647. The average Bonchev–Trinajstić information content (AvgIpc) is 3.27. The van der Waals surface area contributed by atoms with Crippen molar-refractivity contribution in [3.8, 4) is 0 Å². The normalized spacial score (nSPS) is 17.2. The van der Waals surface area contributed by atoms with Gasteiger partial charge in [-0.3, -0.25) is 9.69 Å². The van der Waals surface area contributed by atoms with Gasteiger partial charge in [0.15, 0.2) is 0 Å². The minimum atomic E-state index is 0.0593. The van der Waals surface area contributed by atoms with Gasteiger partial charge in [0, 0.05) is 50.9 Å². The Balaban J connectivity index is 1.50. The number of amides is 1. The second-order valence-electron chi connectivity index (χ2n) is 5.93. The van der Waals surface area contributed by atoms with E-state index in [0.717, 1.165) is 43.4 Å². The Morgan fingerprint density at radius 1 is 1.42 bits per heavy atom. The van der Waals surface area contributed by atoms with Gasteiger partial charge < -0.3 is 14.6 Å². The predicted molar refractivity (Wildman–Crippen MR) is 94.1 cm³/mol. The topological polar surface area (TPSA) is 61.5 Å². The number of aromatic amines is 1. The van der Waals surface area contributed by atoms with Gasteiger partial charge in [-0.05, 0) is 26.0 Å². The van der Waals surface area contributed by atoms with Crippen LogP contribution in [0.5, 0.6) is 0 Å². The number of piperazine rings is 1. The summed E-state index contributed by atoms with van der Waals surface area (Å²) >= 11 is 1.66. The minimum absolute atomic E-state index is 0.0593. The number of ether oxygens (including phenoxy) is 1. The Morgan fingerprint density at radius 2 is 2.21 bits per heavy atom. The average molecular weight is 348 g/mol. The SMILES string of the molecule is CCO[C@@H](C)c1nc(CN2CCN(C(=O)c3ccc[nH]3)CC2)cs1. The van der Waals surface area contributed by atoms with E-state index in [1.807, 2.05) is 30.9 Å². The standard InChI is InChI=1S/C17H24N4O2S/c1-3-23-13(2)16-19-14(12-24-16)11-20-7-9-21(10-8-20)17(22)15-5-4-6-18-15/h4-6,12-13,18H,3,7-11H2,1-2H3/t13-/m0/s1. The lowest BCUT2D eigenvalue weighted by Crippen LogP contribution is -2.48. The third-order valence-electron chi connectivity index (χ3n) is 4.21. The lowest BCUT2D eigenvalue weighted by atomic mass is 10.2. The van der Waals surface area contributed by atoms with Gasteiger partial charge in [0.25, 0.3) is 5.91 Å². The molecule has 7 heteroatoms. The first-order valence-electron chi connectivity index (χ1n) is 8.38. The van der Waals surface area contributed by atoms with E-state index in [0.29, 0.717) is 12.3 Å². The maximum atomic E-state index is 12.3. The lowest BCUT2D eigenvalue weighted by molar-refractivity contribution is 0.0620. The van der Waals surface area contributed by atoms with Crippen LogP contribution in [0.25, 0.3) is 0 Å². The molecule has 1 saturated heterocycles. The van der Waals surface area contributed by atoms with E-state index in [9.17, 15) is 4.79 Å². The summed E-state index contributed by atoms with van der Waals surface area (Å²) in [5.74, 6) is 0.0844. The van der Waals surface area contributed by atoms with Crippen molar-refractivity contribution in [2.45, 2.75) is 26.5 Å². The largest absolute Gasteiger partial charge is 0.372 e. The molecular weight excluding hydrogens is 324 g/mol. The molecule has 0 unspecified atom stereocenters. The summed E-state index contributed by atoms with van der Waals surface area (Å²) in [5, 5.41) is 3.15. The Hall–Kier alpha value is -1.70. The summed E-state index contributed by atoms with van der Waals surface area (Å²) in [5.41, 5.74) is 1.75. The minimum Gasteiger partial charge on any atom is -0.372 e. The fourth-order valence-electron chi connectivity index (χ4n) is 2.88. The van der Waals surface area contributed by atoms with Crippen LogP contribution in [0.2, 0.25) is 0 Å². The van der Waals surface area contributed by atoms with Gasteiger partial charge in [-0.2, -0.15) is 0 Å². The van der Waals surface area contributed by atoms with E-state index < -0.39 is 0 Å². The van der Waals surface area contributed by atoms with Crippen LogP contribution < -0.4 is 0 Å². The highest BCUT2D eigenvalue weighted by Gasteiger charge is 2.23. The van der Waals surface area contributed by atoms with E-state index in [1.54, 1.807) is 17.5 Å². The number of nitrogens with one attached hydrogen (secondary N) is 1. The number of hydrogen-bond donors (Lipinski definition) is 1. The highest BCUT2D eigenvalue weighted by Crippen LogP contribution is 2.22.